The first-order valence-electron chi connectivity index (χ1n) is 3.61. The van der Waals surface area contributed by atoms with E-state index in [1.165, 1.54) is 6.92 Å². The molecule has 0 aromatic carbocycles. The van der Waals surface area contributed by atoms with Gasteiger partial charge in [0.2, 0.25) is 0 Å². The van der Waals surface area contributed by atoms with Gasteiger partial charge in [0, 0.05) is 6.42 Å². The second-order valence-electron chi connectivity index (χ2n) is 2.82. The lowest BCUT2D eigenvalue weighted by atomic mass is 9.94. The Morgan fingerprint density at radius 1 is 1.33 bits per heavy atom. The highest BCUT2D eigenvalue weighted by atomic mass is 16.3. The molecule has 0 aliphatic rings. The van der Waals surface area contributed by atoms with Gasteiger partial charge in [-0.05, 0) is 6.92 Å². The summed E-state index contributed by atoms with van der Waals surface area (Å²) in [4.78, 5) is 21.7. The number of nitrogens with two attached hydrogens (primary N) is 2. The SMILES string of the molecule is CC(O)(CC(=O)CN)C(=O)CN. The van der Waals surface area contributed by atoms with Crippen LogP contribution in [0.5, 0.6) is 0 Å². The number of aliphatic hydroxyl groups is 1. The van der Waals surface area contributed by atoms with Gasteiger partial charge in [-0.15, -0.1) is 0 Å². The van der Waals surface area contributed by atoms with Gasteiger partial charge >= 0.3 is 0 Å². The first kappa shape index (κ1) is 11.2. The molecular weight excluding hydrogens is 160 g/mol. The van der Waals surface area contributed by atoms with Crippen LogP contribution in [0.3, 0.4) is 0 Å². The fourth-order valence-electron chi connectivity index (χ4n) is 0.775. The number of hydrogen-bond donors (Lipinski definition) is 3. The van der Waals surface area contributed by atoms with Gasteiger partial charge in [0.15, 0.2) is 5.78 Å². The van der Waals surface area contributed by atoms with Crippen LogP contribution in [0.2, 0.25) is 0 Å². The van der Waals surface area contributed by atoms with Gasteiger partial charge in [0.1, 0.15) is 11.4 Å². The van der Waals surface area contributed by atoms with E-state index in [0.717, 1.165) is 0 Å². The maximum atomic E-state index is 10.9. The Labute approximate surface area is 70.7 Å². The first-order chi connectivity index (χ1) is 5.44. The highest BCUT2D eigenvalue weighted by Gasteiger charge is 2.30. The standard InChI is InChI=1S/C7H14N2O3/c1-7(12,6(11)4-9)2-5(10)3-8/h12H,2-4,8-9H2,1H3. The Morgan fingerprint density at radius 2 is 1.83 bits per heavy atom. The minimum absolute atomic E-state index is 0.173. The van der Waals surface area contributed by atoms with Crippen molar-refractivity contribution in [3.8, 4) is 0 Å². The molecule has 0 spiro atoms. The lowest BCUT2D eigenvalue weighted by Gasteiger charge is -2.19. The van der Waals surface area contributed by atoms with Crippen LogP contribution in [-0.2, 0) is 9.59 Å². The summed E-state index contributed by atoms with van der Waals surface area (Å²) in [6.45, 7) is 0.814. The summed E-state index contributed by atoms with van der Waals surface area (Å²) >= 11 is 0. The third-order valence-corrected chi connectivity index (χ3v) is 1.56. The van der Waals surface area contributed by atoms with Crippen LogP contribution in [-0.4, -0.2) is 35.4 Å². The van der Waals surface area contributed by atoms with Crippen LogP contribution < -0.4 is 11.5 Å². The quantitative estimate of drug-likeness (QED) is 0.455. The summed E-state index contributed by atoms with van der Waals surface area (Å²) < 4.78 is 0. The lowest BCUT2D eigenvalue weighted by Crippen LogP contribution is -2.42. The van der Waals surface area contributed by atoms with E-state index in [0.29, 0.717) is 0 Å². The van der Waals surface area contributed by atoms with E-state index in [9.17, 15) is 14.7 Å². The van der Waals surface area contributed by atoms with Crippen molar-refractivity contribution in [3.63, 3.8) is 0 Å². The van der Waals surface area contributed by atoms with Crippen LogP contribution in [0.1, 0.15) is 13.3 Å². The summed E-state index contributed by atoms with van der Waals surface area (Å²) in [5.41, 5.74) is 8.38. The minimum Gasteiger partial charge on any atom is -0.382 e. The van der Waals surface area contributed by atoms with Crippen molar-refractivity contribution in [2.75, 3.05) is 13.1 Å². The molecule has 5 N–H and O–H groups in total. The number of hydrogen-bond acceptors (Lipinski definition) is 5. The Hall–Kier alpha value is -0.780. The van der Waals surface area contributed by atoms with E-state index in [1.54, 1.807) is 0 Å². The third-order valence-electron chi connectivity index (χ3n) is 1.56. The molecule has 12 heavy (non-hydrogen) atoms. The molecule has 70 valence electrons. The molecular formula is C7H14N2O3. The van der Waals surface area contributed by atoms with Crippen molar-refractivity contribution < 1.29 is 14.7 Å². The molecule has 0 aromatic rings. The average Bonchev–Trinajstić information content (AvgIpc) is 2.02. The fourth-order valence-corrected chi connectivity index (χ4v) is 0.775. The highest BCUT2D eigenvalue weighted by molar-refractivity contribution is 5.94. The van der Waals surface area contributed by atoms with E-state index < -0.39 is 11.4 Å². The van der Waals surface area contributed by atoms with Crippen LogP contribution in [0.4, 0.5) is 0 Å². The third kappa shape index (κ3) is 3.08. The number of rotatable bonds is 5. The number of ketones is 2. The second kappa shape index (κ2) is 4.30. The Kier molecular flexibility index (Phi) is 4.02. The summed E-state index contributed by atoms with van der Waals surface area (Å²) in [6.07, 6.45) is -0.264. The minimum atomic E-state index is -1.66. The molecule has 5 heteroatoms. The van der Waals surface area contributed by atoms with Crippen molar-refractivity contribution in [2.24, 2.45) is 11.5 Å². The van der Waals surface area contributed by atoms with Crippen molar-refractivity contribution in [1.29, 1.82) is 0 Å². The molecule has 0 fully saturated rings. The van der Waals surface area contributed by atoms with Crippen molar-refractivity contribution in [2.45, 2.75) is 18.9 Å². The van der Waals surface area contributed by atoms with E-state index in [4.69, 9.17) is 11.5 Å². The van der Waals surface area contributed by atoms with Gasteiger partial charge in [-0.25, -0.2) is 0 Å². The average molecular weight is 174 g/mol. The highest BCUT2D eigenvalue weighted by Crippen LogP contribution is 2.09. The normalized spacial score (nSPS) is 15.3. The Bertz CT molecular complexity index is 189. The zero-order chi connectivity index (χ0) is 9.78. The lowest BCUT2D eigenvalue weighted by molar-refractivity contribution is -0.139. The van der Waals surface area contributed by atoms with Gasteiger partial charge in [0.25, 0.3) is 0 Å². The van der Waals surface area contributed by atoms with E-state index >= 15 is 0 Å². The molecule has 0 bridgehead atoms. The molecule has 5 nitrogen and oxygen atoms in total. The maximum absolute atomic E-state index is 10.9. The maximum Gasteiger partial charge on any atom is 0.177 e. The van der Waals surface area contributed by atoms with Crippen molar-refractivity contribution in [3.05, 3.63) is 0 Å². The summed E-state index contributed by atoms with van der Waals surface area (Å²) in [5, 5.41) is 9.38. The molecule has 0 aliphatic heterocycles. The van der Waals surface area contributed by atoms with Gasteiger partial charge < -0.3 is 16.6 Å². The Morgan fingerprint density at radius 3 is 2.17 bits per heavy atom. The zero-order valence-electron chi connectivity index (χ0n) is 7.04. The Balaban J connectivity index is 4.21. The predicted molar refractivity (Wildman–Crippen MR) is 43.4 cm³/mol. The molecule has 0 saturated heterocycles. The van der Waals surface area contributed by atoms with Crippen LogP contribution >= 0.6 is 0 Å². The summed E-state index contributed by atoms with van der Waals surface area (Å²) in [5.74, 6) is -0.911. The van der Waals surface area contributed by atoms with Crippen molar-refractivity contribution in [1.82, 2.24) is 0 Å². The fraction of sp³-hybridized carbons (Fsp3) is 0.714. The molecule has 1 unspecified atom stereocenters. The smallest absolute Gasteiger partial charge is 0.177 e. The second-order valence-corrected chi connectivity index (χ2v) is 2.82. The van der Waals surface area contributed by atoms with Crippen LogP contribution in [0, 0.1) is 0 Å². The molecule has 1 atom stereocenters. The zero-order valence-corrected chi connectivity index (χ0v) is 7.04. The summed E-state index contributed by atoms with van der Waals surface area (Å²) in [6, 6.07) is 0. The van der Waals surface area contributed by atoms with Crippen molar-refractivity contribution >= 4 is 11.6 Å². The van der Waals surface area contributed by atoms with Gasteiger partial charge in [0.05, 0.1) is 13.1 Å². The molecule has 0 rings (SSSR count). The molecule has 0 amide bonds. The van der Waals surface area contributed by atoms with Gasteiger partial charge in [-0.2, -0.15) is 0 Å². The monoisotopic (exact) mass is 174 g/mol. The molecule has 0 saturated carbocycles. The van der Waals surface area contributed by atoms with E-state index in [2.05, 4.69) is 0 Å². The van der Waals surface area contributed by atoms with Gasteiger partial charge in [-0.1, -0.05) is 0 Å². The molecule has 0 radical (unpaired) electrons. The first-order valence-corrected chi connectivity index (χ1v) is 3.61. The van der Waals surface area contributed by atoms with Crippen LogP contribution in [0.25, 0.3) is 0 Å². The molecule has 0 aliphatic carbocycles. The predicted octanol–water partition coefficient (Wildman–Crippen LogP) is -1.82. The number of carbonyl (C=O) groups excluding carboxylic acids is 2. The topological polar surface area (TPSA) is 106 Å². The summed E-state index contributed by atoms with van der Waals surface area (Å²) in [7, 11) is 0. The van der Waals surface area contributed by atoms with Gasteiger partial charge in [-0.3, -0.25) is 9.59 Å². The largest absolute Gasteiger partial charge is 0.382 e. The molecule has 0 heterocycles. The number of Topliss-reactive ketones (excluding diaryl/α,β-unsaturated/α-hetero) is 2. The van der Waals surface area contributed by atoms with E-state index in [1.807, 2.05) is 0 Å². The number of carbonyl (C=O) groups is 2. The van der Waals surface area contributed by atoms with Crippen LogP contribution in [0.15, 0.2) is 0 Å². The molecule has 0 aromatic heterocycles. The van der Waals surface area contributed by atoms with E-state index in [-0.39, 0.29) is 25.3 Å².